The first-order chi connectivity index (χ1) is 7.18. The van der Waals surface area contributed by atoms with E-state index in [1.165, 1.54) is 12.1 Å². The molecule has 2 N–H and O–H groups in total. The maximum atomic E-state index is 13.2. The van der Waals surface area contributed by atoms with Gasteiger partial charge in [0.05, 0.1) is 11.1 Å². The Balaban J connectivity index is 2.17. The molecule has 0 radical (unpaired) electrons. The molecule has 0 amide bonds. The summed E-state index contributed by atoms with van der Waals surface area (Å²) < 4.78 is 13.2. The quantitative estimate of drug-likeness (QED) is 0.816. The Labute approximate surface area is 93.1 Å². The largest absolute Gasteiger partial charge is 0.387 e. The van der Waals surface area contributed by atoms with Crippen molar-refractivity contribution >= 4 is 11.6 Å². The van der Waals surface area contributed by atoms with Gasteiger partial charge in [-0.15, -0.1) is 0 Å². The first-order valence-electron chi connectivity index (χ1n) is 5.05. The highest BCUT2D eigenvalue weighted by molar-refractivity contribution is 6.30. The van der Waals surface area contributed by atoms with Crippen LogP contribution < -0.4 is 5.32 Å². The molecule has 0 bridgehead atoms. The number of halogens is 2. The molecule has 4 heteroatoms. The number of aliphatic hydroxyl groups is 1. The Bertz CT molecular complexity index is 352. The second kappa shape index (κ2) is 4.47. The van der Waals surface area contributed by atoms with Gasteiger partial charge in [0.15, 0.2) is 0 Å². The van der Waals surface area contributed by atoms with Gasteiger partial charge in [-0.05, 0) is 37.1 Å². The van der Waals surface area contributed by atoms with Crippen molar-refractivity contribution in [2.75, 3.05) is 6.54 Å². The average molecular weight is 230 g/mol. The Morgan fingerprint density at radius 1 is 1.53 bits per heavy atom. The first kappa shape index (κ1) is 10.9. The van der Waals surface area contributed by atoms with Crippen LogP contribution in [-0.4, -0.2) is 17.7 Å². The number of aliphatic hydroxyl groups excluding tert-OH is 1. The van der Waals surface area contributed by atoms with Crippen molar-refractivity contribution in [3.05, 3.63) is 34.6 Å². The predicted octanol–water partition coefficient (Wildman–Crippen LogP) is 2.26. The molecule has 15 heavy (non-hydrogen) atoms. The Morgan fingerprint density at radius 2 is 2.33 bits per heavy atom. The molecule has 1 aliphatic heterocycles. The number of rotatable bonds is 2. The molecular weight excluding hydrogens is 217 g/mol. The van der Waals surface area contributed by atoms with Gasteiger partial charge >= 0.3 is 0 Å². The number of nitrogens with one attached hydrogen (secondary N) is 1. The van der Waals surface area contributed by atoms with E-state index < -0.39 is 11.9 Å². The standard InChI is InChI=1S/C11H13ClFNO/c12-8-4-3-7(6-9(8)13)11(15)10-2-1-5-14-10/h3-4,6,10-11,14-15H,1-2,5H2/t10?,11-/m1/s1. The van der Waals surface area contributed by atoms with E-state index in [1.807, 2.05) is 0 Å². The Morgan fingerprint density at radius 3 is 2.93 bits per heavy atom. The highest BCUT2D eigenvalue weighted by Gasteiger charge is 2.24. The van der Waals surface area contributed by atoms with Crippen molar-refractivity contribution in [1.82, 2.24) is 5.32 Å². The molecule has 1 aromatic rings. The SMILES string of the molecule is O[C@H](c1ccc(Cl)c(F)c1)C1CCCN1. The molecule has 2 nitrogen and oxygen atoms in total. The second-order valence-electron chi connectivity index (χ2n) is 3.82. The normalized spacial score (nSPS) is 23.0. The molecule has 1 heterocycles. The van der Waals surface area contributed by atoms with E-state index in [4.69, 9.17) is 11.6 Å². The molecule has 0 aliphatic carbocycles. The van der Waals surface area contributed by atoms with E-state index >= 15 is 0 Å². The summed E-state index contributed by atoms with van der Waals surface area (Å²) in [4.78, 5) is 0. The first-order valence-corrected chi connectivity index (χ1v) is 5.42. The molecule has 0 saturated carbocycles. The summed E-state index contributed by atoms with van der Waals surface area (Å²) >= 11 is 5.57. The van der Waals surface area contributed by atoms with Crippen molar-refractivity contribution in [3.8, 4) is 0 Å². The lowest BCUT2D eigenvalue weighted by Gasteiger charge is -2.18. The molecule has 1 fully saturated rings. The summed E-state index contributed by atoms with van der Waals surface area (Å²) in [5.74, 6) is -0.480. The van der Waals surface area contributed by atoms with Gasteiger partial charge in [-0.3, -0.25) is 0 Å². The van der Waals surface area contributed by atoms with Gasteiger partial charge in [0, 0.05) is 6.04 Å². The highest BCUT2D eigenvalue weighted by atomic mass is 35.5. The maximum Gasteiger partial charge on any atom is 0.142 e. The number of hydrogen-bond donors (Lipinski definition) is 2. The van der Waals surface area contributed by atoms with Crippen LogP contribution in [0.2, 0.25) is 5.02 Å². The van der Waals surface area contributed by atoms with Crippen LogP contribution in [0.1, 0.15) is 24.5 Å². The molecule has 0 aromatic heterocycles. The van der Waals surface area contributed by atoms with Crippen LogP contribution in [-0.2, 0) is 0 Å². The van der Waals surface area contributed by atoms with Gasteiger partial charge in [-0.1, -0.05) is 17.7 Å². The fraction of sp³-hybridized carbons (Fsp3) is 0.455. The molecule has 0 spiro atoms. The van der Waals surface area contributed by atoms with Crippen molar-refractivity contribution in [2.45, 2.75) is 25.0 Å². The lowest BCUT2D eigenvalue weighted by Crippen LogP contribution is -2.28. The van der Waals surface area contributed by atoms with Gasteiger partial charge in [0.1, 0.15) is 5.82 Å². The summed E-state index contributed by atoms with van der Waals surface area (Å²) in [6.45, 7) is 0.914. The average Bonchev–Trinajstić information content (AvgIpc) is 2.74. The minimum absolute atomic E-state index is 0.0329. The van der Waals surface area contributed by atoms with Crippen LogP contribution in [0, 0.1) is 5.82 Å². The van der Waals surface area contributed by atoms with Crippen LogP contribution in [0.25, 0.3) is 0 Å². The lowest BCUT2D eigenvalue weighted by molar-refractivity contribution is 0.137. The summed E-state index contributed by atoms with van der Waals surface area (Å²) in [5.41, 5.74) is 0.580. The van der Waals surface area contributed by atoms with Crippen molar-refractivity contribution in [1.29, 1.82) is 0 Å². The van der Waals surface area contributed by atoms with Crippen LogP contribution in [0.15, 0.2) is 18.2 Å². The topological polar surface area (TPSA) is 32.3 Å². The predicted molar refractivity (Wildman–Crippen MR) is 57.4 cm³/mol. The Hall–Kier alpha value is -0.640. The monoisotopic (exact) mass is 229 g/mol. The smallest absolute Gasteiger partial charge is 0.142 e. The number of hydrogen-bond acceptors (Lipinski definition) is 2. The molecule has 1 saturated heterocycles. The summed E-state index contributed by atoms with van der Waals surface area (Å²) in [6.07, 6.45) is 1.32. The van der Waals surface area contributed by atoms with Crippen molar-refractivity contribution < 1.29 is 9.50 Å². The van der Waals surface area contributed by atoms with E-state index in [9.17, 15) is 9.50 Å². The zero-order valence-electron chi connectivity index (χ0n) is 8.21. The molecular formula is C11H13ClFNO. The molecule has 1 aliphatic rings. The molecule has 2 rings (SSSR count). The zero-order chi connectivity index (χ0) is 10.8. The van der Waals surface area contributed by atoms with E-state index in [-0.39, 0.29) is 11.1 Å². The van der Waals surface area contributed by atoms with E-state index in [0.717, 1.165) is 19.4 Å². The fourth-order valence-electron chi connectivity index (χ4n) is 1.91. The summed E-state index contributed by atoms with van der Waals surface area (Å²) in [5, 5.41) is 13.2. The molecule has 82 valence electrons. The fourth-order valence-corrected chi connectivity index (χ4v) is 2.03. The molecule has 1 unspecified atom stereocenters. The van der Waals surface area contributed by atoms with Gasteiger partial charge in [0.25, 0.3) is 0 Å². The molecule has 2 atom stereocenters. The van der Waals surface area contributed by atoms with E-state index in [1.54, 1.807) is 6.07 Å². The van der Waals surface area contributed by atoms with Crippen molar-refractivity contribution in [2.24, 2.45) is 0 Å². The van der Waals surface area contributed by atoms with E-state index in [2.05, 4.69) is 5.32 Å². The third kappa shape index (κ3) is 2.30. The minimum atomic E-state index is -0.653. The third-order valence-electron chi connectivity index (χ3n) is 2.76. The minimum Gasteiger partial charge on any atom is -0.387 e. The van der Waals surface area contributed by atoms with Crippen LogP contribution in [0.4, 0.5) is 4.39 Å². The van der Waals surface area contributed by atoms with Crippen LogP contribution in [0.3, 0.4) is 0 Å². The van der Waals surface area contributed by atoms with Crippen LogP contribution in [0.5, 0.6) is 0 Å². The summed E-state index contributed by atoms with van der Waals surface area (Å²) in [6, 6.07) is 4.47. The third-order valence-corrected chi connectivity index (χ3v) is 3.07. The van der Waals surface area contributed by atoms with Gasteiger partial charge < -0.3 is 10.4 Å². The summed E-state index contributed by atoms with van der Waals surface area (Å²) in [7, 11) is 0. The van der Waals surface area contributed by atoms with Crippen LogP contribution >= 0.6 is 11.6 Å². The van der Waals surface area contributed by atoms with E-state index in [0.29, 0.717) is 5.56 Å². The van der Waals surface area contributed by atoms with Gasteiger partial charge in [-0.25, -0.2) is 4.39 Å². The van der Waals surface area contributed by atoms with Gasteiger partial charge in [0.2, 0.25) is 0 Å². The molecule has 1 aromatic carbocycles. The highest BCUT2D eigenvalue weighted by Crippen LogP contribution is 2.25. The zero-order valence-corrected chi connectivity index (χ0v) is 8.97. The lowest BCUT2D eigenvalue weighted by atomic mass is 10.0. The van der Waals surface area contributed by atoms with Gasteiger partial charge in [-0.2, -0.15) is 0 Å². The number of benzene rings is 1. The Kier molecular flexibility index (Phi) is 3.24. The maximum absolute atomic E-state index is 13.2. The van der Waals surface area contributed by atoms with Crippen molar-refractivity contribution in [3.63, 3.8) is 0 Å². The second-order valence-corrected chi connectivity index (χ2v) is 4.23.